The predicted molar refractivity (Wildman–Crippen MR) is 140 cm³/mol. The Balaban J connectivity index is 1.41. The molecule has 9 heteroatoms. The van der Waals surface area contributed by atoms with Gasteiger partial charge in [-0.3, -0.25) is 0 Å². The van der Waals surface area contributed by atoms with Gasteiger partial charge < -0.3 is 0 Å². The summed E-state index contributed by atoms with van der Waals surface area (Å²) in [4.78, 5) is 0.615. The van der Waals surface area contributed by atoms with Gasteiger partial charge in [0.1, 0.15) is 4.21 Å². The first kappa shape index (κ1) is 27.1. The monoisotopic (exact) mass is 543 g/mol. The lowest BCUT2D eigenvalue weighted by Gasteiger charge is -2.18. The van der Waals surface area contributed by atoms with Gasteiger partial charge in [0.25, 0.3) is 0 Å². The molecule has 1 unspecified atom stereocenters. The van der Waals surface area contributed by atoms with E-state index in [4.69, 9.17) is 5.73 Å². The standard InChI is InChI=1S/C28H26F3N2O2S2/c29-28(30,31)23-13-7-12-22(18-23)26(32)19-24-14-15-27(36-24)37(34,35)33-17-16-25(20-8-3-1-4-9-20)21-10-5-2-6-11-21/h1-15,18,25-26,32-33H,16-17,19H2. The van der Waals surface area contributed by atoms with E-state index in [1.807, 2.05) is 60.7 Å². The minimum absolute atomic E-state index is 0.0283. The van der Waals surface area contributed by atoms with Gasteiger partial charge in [0.2, 0.25) is 10.0 Å². The van der Waals surface area contributed by atoms with Gasteiger partial charge in [-0.25, -0.2) is 18.9 Å². The van der Waals surface area contributed by atoms with Crippen molar-refractivity contribution in [3.63, 3.8) is 0 Å². The highest BCUT2D eigenvalue weighted by atomic mass is 32.2. The normalized spacial score (nSPS) is 13.1. The molecule has 0 amide bonds. The molecule has 0 aliphatic heterocycles. The highest BCUT2D eigenvalue weighted by molar-refractivity contribution is 7.91. The van der Waals surface area contributed by atoms with E-state index >= 15 is 0 Å². The molecule has 4 rings (SSSR count). The van der Waals surface area contributed by atoms with Crippen LogP contribution >= 0.6 is 11.3 Å². The van der Waals surface area contributed by atoms with Crippen LogP contribution < -0.4 is 10.5 Å². The van der Waals surface area contributed by atoms with Crippen molar-refractivity contribution in [3.8, 4) is 0 Å². The quantitative estimate of drug-likeness (QED) is 0.238. The first-order chi connectivity index (χ1) is 17.6. The van der Waals surface area contributed by atoms with E-state index in [9.17, 15) is 21.6 Å². The molecular weight excluding hydrogens is 517 g/mol. The summed E-state index contributed by atoms with van der Waals surface area (Å²) < 4.78 is 67.7. The maximum absolute atomic E-state index is 13.0. The zero-order valence-electron chi connectivity index (χ0n) is 19.8. The number of benzene rings is 3. The van der Waals surface area contributed by atoms with Crippen molar-refractivity contribution in [1.82, 2.24) is 10.5 Å². The third kappa shape index (κ3) is 7.07. The van der Waals surface area contributed by atoms with Crippen molar-refractivity contribution in [2.24, 2.45) is 0 Å². The Morgan fingerprint density at radius 1 is 0.811 bits per heavy atom. The van der Waals surface area contributed by atoms with Crippen LogP contribution in [0.15, 0.2) is 101 Å². The number of thiophene rings is 1. The van der Waals surface area contributed by atoms with E-state index in [0.717, 1.165) is 34.6 Å². The Kier molecular flexibility index (Phi) is 8.49. The molecule has 4 nitrogen and oxygen atoms in total. The van der Waals surface area contributed by atoms with Crippen LogP contribution in [0.1, 0.15) is 45.5 Å². The molecule has 0 aliphatic carbocycles. The van der Waals surface area contributed by atoms with Gasteiger partial charge in [-0.1, -0.05) is 72.8 Å². The maximum Gasteiger partial charge on any atom is 0.416 e. The molecule has 2 N–H and O–H groups in total. The number of nitrogens with one attached hydrogen (secondary N) is 2. The van der Waals surface area contributed by atoms with E-state index in [2.05, 4.69) is 4.72 Å². The van der Waals surface area contributed by atoms with Gasteiger partial charge in [-0.2, -0.15) is 13.2 Å². The molecule has 0 spiro atoms. The fourth-order valence-electron chi connectivity index (χ4n) is 4.17. The first-order valence-electron chi connectivity index (χ1n) is 11.7. The van der Waals surface area contributed by atoms with Crippen LogP contribution in [0, 0.1) is 0 Å². The van der Waals surface area contributed by atoms with Crippen LogP contribution in [-0.2, 0) is 22.6 Å². The van der Waals surface area contributed by atoms with E-state index in [1.165, 1.54) is 18.2 Å². The SMILES string of the molecule is [NH]C(Cc1ccc(S(=O)(=O)NCCC(c2ccccc2)c2ccccc2)s1)c1cccc(C(F)(F)F)c1. The Hall–Kier alpha value is -2.98. The predicted octanol–water partition coefficient (Wildman–Crippen LogP) is 6.83. The van der Waals surface area contributed by atoms with Crippen molar-refractivity contribution in [2.75, 3.05) is 6.54 Å². The van der Waals surface area contributed by atoms with Gasteiger partial charge in [0.15, 0.2) is 0 Å². The zero-order valence-corrected chi connectivity index (χ0v) is 21.4. The number of alkyl halides is 3. The van der Waals surface area contributed by atoms with Crippen LogP contribution in [0.25, 0.3) is 0 Å². The van der Waals surface area contributed by atoms with Gasteiger partial charge >= 0.3 is 6.18 Å². The molecule has 0 saturated heterocycles. The number of hydrogen-bond acceptors (Lipinski definition) is 3. The van der Waals surface area contributed by atoms with Gasteiger partial charge in [0, 0.05) is 23.8 Å². The van der Waals surface area contributed by atoms with E-state index in [-0.39, 0.29) is 28.7 Å². The van der Waals surface area contributed by atoms with E-state index < -0.39 is 27.8 Å². The Labute approximate surface area is 219 Å². The average Bonchev–Trinajstić information content (AvgIpc) is 3.37. The van der Waals surface area contributed by atoms with Crippen LogP contribution in [0.3, 0.4) is 0 Å². The highest BCUT2D eigenvalue weighted by Crippen LogP contribution is 2.32. The fraction of sp³-hybridized carbons (Fsp3) is 0.214. The van der Waals surface area contributed by atoms with Gasteiger partial charge in [-0.15, -0.1) is 11.3 Å². The molecule has 193 valence electrons. The number of hydrogen-bond donors (Lipinski definition) is 1. The van der Waals surface area contributed by atoms with Crippen molar-refractivity contribution in [1.29, 1.82) is 0 Å². The Bertz CT molecular complexity index is 1370. The van der Waals surface area contributed by atoms with Crippen molar-refractivity contribution < 1.29 is 21.6 Å². The fourth-order valence-corrected chi connectivity index (χ4v) is 6.66. The molecule has 37 heavy (non-hydrogen) atoms. The average molecular weight is 544 g/mol. The first-order valence-corrected chi connectivity index (χ1v) is 14.0. The molecule has 0 bridgehead atoms. The molecule has 0 saturated carbocycles. The second-order valence-corrected chi connectivity index (χ2v) is 11.8. The summed E-state index contributed by atoms with van der Waals surface area (Å²) in [6.07, 6.45) is -3.80. The van der Waals surface area contributed by atoms with Crippen molar-refractivity contribution in [2.45, 2.75) is 35.2 Å². The van der Waals surface area contributed by atoms with Gasteiger partial charge in [-0.05, 0) is 47.4 Å². The van der Waals surface area contributed by atoms with Crippen molar-refractivity contribution >= 4 is 21.4 Å². The van der Waals surface area contributed by atoms with Crippen LogP contribution in [0.2, 0.25) is 0 Å². The molecule has 0 aliphatic rings. The lowest BCUT2D eigenvalue weighted by Crippen LogP contribution is -2.25. The lowest BCUT2D eigenvalue weighted by atomic mass is 9.89. The van der Waals surface area contributed by atoms with E-state index in [1.54, 1.807) is 6.07 Å². The highest BCUT2D eigenvalue weighted by Gasteiger charge is 2.31. The summed E-state index contributed by atoms with van der Waals surface area (Å²) in [5.74, 6) is 0.0283. The summed E-state index contributed by atoms with van der Waals surface area (Å²) in [5, 5.41) is 0. The van der Waals surface area contributed by atoms with Crippen LogP contribution in [-0.4, -0.2) is 15.0 Å². The maximum atomic E-state index is 13.0. The summed E-state index contributed by atoms with van der Waals surface area (Å²) in [6, 6.07) is 26.7. The number of rotatable bonds is 10. The molecule has 0 fully saturated rings. The smallest absolute Gasteiger partial charge is 0.249 e. The lowest BCUT2D eigenvalue weighted by molar-refractivity contribution is -0.137. The third-order valence-electron chi connectivity index (χ3n) is 6.05. The largest absolute Gasteiger partial charge is 0.416 e. The third-order valence-corrected chi connectivity index (χ3v) is 9.11. The zero-order chi connectivity index (χ0) is 26.5. The second-order valence-electron chi connectivity index (χ2n) is 8.66. The molecule has 4 aromatic rings. The molecule has 1 aromatic heterocycles. The minimum Gasteiger partial charge on any atom is -0.249 e. The Morgan fingerprint density at radius 3 is 2.00 bits per heavy atom. The topological polar surface area (TPSA) is 70.0 Å². The molecule has 1 radical (unpaired) electrons. The Morgan fingerprint density at radius 2 is 1.41 bits per heavy atom. The second kappa shape index (κ2) is 11.6. The summed E-state index contributed by atoms with van der Waals surface area (Å²) in [5.41, 5.74) is 9.95. The van der Waals surface area contributed by atoms with Gasteiger partial charge in [0.05, 0.1) is 11.6 Å². The summed E-state index contributed by atoms with van der Waals surface area (Å²) in [6.45, 7) is 0.231. The molecule has 3 aromatic carbocycles. The molecular formula is C28H26F3N2O2S2. The number of sulfonamides is 1. The van der Waals surface area contributed by atoms with Crippen LogP contribution in [0.4, 0.5) is 13.2 Å². The minimum atomic E-state index is -4.48. The van der Waals surface area contributed by atoms with Crippen LogP contribution in [0.5, 0.6) is 0 Å². The number of halogens is 3. The van der Waals surface area contributed by atoms with E-state index in [0.29, 0.717) is 11.3 Å². The van der Waals surface area contributed by atoms with Crippen molar-refractivity contribution in [3.05, 3.63) is 124 Å². The molecule has 1 atom stereocenters. The summed E-state index contributed by atoms with van der Waals surface area (Å²) >= 11 is 1.03. The molecule has 1 heterocycles. The summed E-state index contributed by atoms with van der Waals surface area (Å²) in [7, 11) is -3.77.